The third-order valence-electron chi connectivity index (χ3n) is 2.31. The molecule has 1 aliphatic heterocycles. The van der Waals surface area contributed by atoms with E-state index in [1.807, 2.05) is 30.3 Å². The van der Waals surface area contributed by atoms with Gasteiger partial charge in [-0.2, -0.15) is 5.10 Å². The van der Waals surface area contributed by atoms with Gasteiger partial charge in [-0.15, -0.1) is 11.7 Å². The van der Waals surface area contributed by atoms with Crippen molar-refractivity contribution in [3.05, 3.63) is 48.6 Å². The topological polar surface area (TPSA) is 53.8 Å². The van der Waals surface area contributed by atoms with Crippen molar-refractivity contribution in [2.75, 3.05) is 0 Å². The maximum Gasteiger partial charge on any atom is 0.239 e. The van der Waals surface area contributed by atoms with E-state index in [0.717, 1.165) is 5.56 Å². The Morgan fingerprint density at radius 1 is 1.39 bits per heavy atom. The van der Waals surface area contributed by atoms with Crippen molar-refractivity contribution in [1.29, 1.82) is 0 Å². The molecule has 0 spiro atoms. The highest BCUT2D eigenvalue weighted by atomic mass is 32.2. The first-order valence-corrected chi connectivity index (χ1v) is 6.42. The molecule has 1 N–H and O–H groups in total. The van der Waals surface area contributed by atoms with E-state index in [0.29, 0.717) is 11.6 Å². The maximum atomic E-state index is 11.5. The van der Waals surface area contributed by atoms with Gasteiger partial charge in [-0.25, -0.2) is 0 Å². The highest BCUT2D eigenvalue weighted by molar-refractivity contribution is 8.15. The SMILES string of the molecule is C=CC[C@@H]1S/C(=N/N=Cc2ccccc2)NC1=O. The molecular weight excluding hydrogens is 246 g/mol. The van der Waals surface area contributed by atoms with Crippen LogP contribution in [0, 0.1) is 0 Å². The zero-order valence-electron chi connectivity index (χ0n) is 9.74. The van der Waals surface area contributed by atoms with Gasteiger partial charge in [0, 0.05) is 0 Å². The minimum absolute atomic E-state index is 0.0337. The lowest BCUT2D eigenvalue weighted by Gasteiger charge is -1.96. The number of carbonyl (C=O) groups is 1. The molecule has 1 aromatic carbocycles. The molecule has 1 saturated heterocycles. The fourth-order valence-electron chi connectivity index (χ4n) is 1.45. The Bertz CT molecular complexity index is 496. The predicted octanol–water partition coefficient (Wildman–Crippen LogP) is 2.18. The van der Waals surface area contributed by atoms with Gasteiger partial charge in [-0.1, -0.05) is 48.2 Å². The van der Waals surface area contributed by atoms with Crippen LogP contribution in [0.15, 0.2) is 53.2 Å². The number of amides is 1. The van der Waals surface area contributed by atoms with E-state index in [1.54, 1.807) is 12.3 Å². The lowest BCUT2D eigenvalue weighted by atomic mass is 10.2. The summed E-state index contributed by atoms with van der Waals surface area (Å²) in [5, 5.41) is 11.0. The molecule has 1 aromatic rings. The van der Waals surface area contributed by atoms with E-state index in [9.17, 15) is 4.79 Å². The van der Waals surface area contributed by atoms with Crippen LogP contribution >= 0.6 is 11.8 Å². The van der Waals surface area contributed by atoms with Gasteiger partial charge >= 0.3 is 0 Å². The zero-order chi connectivity index (χ0) is 12.8. The number of allylic oxidation sites excluding steroid dienone is 1. The number of amidine groups is 1. The van der Waals surface area contributed by atoms with Crippen molar-refractivity contribution in [2.24, 2.45) is 10.2 Å². The third-order valence-corrected chi connectivity index (χ3v) is 3.41. The first-order chi connectivity index (χ1) is 8.79. The summed E-state index contributed by atoms with van der Waals surface area (Å²) in [6.07, 6.45) is 4.02. The summed E-state index contributed by atoms with van der Waals surface area (Å²) in [6, 6.07) is 9.67. The van der Waals surface area contributed by atoms with Crippen molar-refractivity contribution >= 4 is 29.1 Å². The molecule has 1 heterocycles. The van der Waals surface area contributed by atoms with Gasteiger partial charge in [0.25, 0.3) is 0 Å². The van der Waals surface area contributed by atoms with Crippen LogP contribution in [0.3, 0.4) is 0 Å². The summed E-state index contributed by atoms with van der Waals surface area (Å²) in [7, 11) is 0. The minimum atomic E-state index is -0.131. The third kappa shape index (κ3) is 3.30. The van der Waals surface area contributed by atoms with Crippen LogP contribution in [0.1, 0.15) is 12.0 Å². The molecule has 18 heavy (non-hydrogen) atoms. The molecule has 0 radical (unpaired) electrons. The highest BCUT2D eigenvalue weighted by Crippen LogP contribution is 2.22. The Hall–Kier alpha value is -1.88. The summed E-state index contributed by atoms with van der Waals surface area (Å²) in [5.74, 6) is -0.0337. The van der Waals surface area contributed by atoms with E-state index < -0.39 is 0 Å². The second kappa shape index (κ2) is 6.16. The zero-order valence-corrected chi connectivity index (χ0v) is 10.6. The molecule has 0 unspecified atom stereocenters. The molecule has 1 amide bonds. The molecule has 0 bridgehead atoms. The molecule has 0 aliphatic carbocycles. The number of nitrogens with zero attached hydrogens (tertiary/aromatic N) is 2. The summed E-state index contributed by atoms with van der Waals surface area (Å²) < 4.78 is 0. The van der Waals surface area contributed by atoms with Crippen molar-refractivity contribution in [3.63, 3.8) is 0 Å². The number of hydrogen-bond donors (Lipinski definition) is 1. The van der Waals surface area contributed by atoms with Gasteiger partial charge in [0.15, 0.2) is 5.17 Å². The fraction of sp³-hybridized carbons (Fsp3) is 0.154. The van der Waals surface area contributed by atoms with Crippen molar-refractivity contribution < 1.29 is 4.79 Å². The number of carbonyl (C=O) groups excluding carboxylic acids is 1. The second-order valence-electron chi connectivity index (χ2n) is 3.68. The van der Waals surface area contributed by atoms with E-state index in [1.165, 1.54) is 11.8 Å². The molecule has 2 rings (SSSR count). The summed E-state index contributed by atoms with van der Waals surface area (Å²) in [4.78, 5) is 11.5. The Labute approximate surface area is 110 Å². The number of nitrogens with one attached hydrogen (secondary N) is 1. The van der Waals surface area contributed by atoms with E-state index in [-0.39, 0.29) is 11.2 Å². The predicted molar refractivity (Wildman–Crippen MR) is 75.8 cm³/mol. The monoisotopic (exact) mass is 259 g/mol. The summed E-state index contributed by atoms with van der Waals surface area (Å²) in [6.45, 7) is 3.62. The van der Waals surface area contributed by atoms with Gasteiger partial charge in [-0.3, -0.25) is 4.79 Å². The number of benzene rings is 1. The van der Waals surface area contributed by atoms with Gasteiger partial charge in [0.2, 0.25) is 5.91 Å². The lowest BCUT2D eigenvalue weighted by molar-refractivity contribution is -0.118. The average Bonchev–Trinajstić information content (AvgIpc) is 2.72. The summed E-state index contributed by atoms with van der Waals surface area (Å²) >= 11 is 1.38. The molecule has 1 atom stereocenters. The van der Waals surface area contributed by atoms with Crippen LogP contribution in [0.4, 0.5) is 0 Å². The standard InChI is InChI=1S/C13H13N3OS/c1-2-6-11-12(17)15-13(18-11)16-14-9-10-7-4-3-5-8-10/h2-5,7-9,11H,1,6H2,(H,15,16,17)/t11-/m0/s1. The first kappa shape index (κ1) is 12.6. The van der Waals surface area contributed by atoms with E-state index >= 15 is 0 Å². The van der Waals surface area contributed by atoms with Gasteiger partial charge < -0.3 is 5.32 Å². The Morgan fingerprint density at radius 3 is 2.89 bits per heavy atom. The fourth-order valence-corrected chi connectivity index (χ4v) is 2.37. The largest absolute Gasteiger partial charge is 0.303 e. The van der Waals surface area contributed by atoms with Gasteiger partial charge in [0.1, 0.15) is 0 Å². The number of rotatable bonds is 4. The molecular formula is C13H13N3OS. The molecule has 4 nitrogen and oxygen atoms in total. The molecule has 0 saturated carbocycles. The van der Waals surface area contributed by atoms with Crippen LogP contribution in [-0.4, -0.2) is 22.5 Å². The highest BCUT2D eigenvalue weighted by Gasteiger charge is 2.28. The van der Waals surface area contributed by atoms with E-state index in [4.69, 9.17) is 0 Å². The van der Waals surface area contributed by atoms with Crippen LogP contribution in [0.5, 0.6) is 0 Å². The van der Waals surface area contributed by atoms with E-state index in [2.05, 4.69) is 22.1 Å². The van der Waals surface area contributed by atoms with Crippen molar-refractivity contribution in [2.45, 2.75) is 11.7 Å². The quantitative estimate of drug-likeness (QED) is 0.512. The van der Waals surface area contributed by atoms with Gasteiger partial charge in [-0.05, 0) is 12.0 Å². The molecule has 1 aliphatic rings. The lowest BCUT2D eigenvalue weighted by Crippen LogP contribution is -2.24. The minimum Gasteiger partial charge on any atom is -0.303 e. The van der Waals surface area contributed by atoms with Crippen molar-refractivity contribution in [1.82, 2.24) is 5.32 Å². The maximum absolute atomic E-state index is 11.5. The van der Waals surface area contributed by atoms with Gasteiger partial charge in [0.05, 0.1) is 11.5 Å². The number of hydrogen-bond acceptors (Lipinski definition) is 4. The van der Waals surface area contributed by atoms with Crippen LogP contribution in [-0.2, 0) is 4.79 Å². The normalized spacial score (nSPS) is 21.4. The molecule has 92 valence electrons. The Balaban J connectivity index is 1.97. The van der Waals surface area contributed by atoms with Crippen LogP contribution in [0.2, 0.25) is 0 Å². The average molecular weight is 259 g/mol. The molecule has 0 aromatic heterocycles. The van der Waals surface area contributed by atoms with Crippen LogP contribution in [0.25, 0.3) is 0 Å². The molecule has 5 heteroatoms. The van der Waals surface area contributed by atoms with Crippen molar-refractivity contribution in [3.8, 4) is 0 Å². The number of thioether (sulfide) groups is 1. The van der Waals surface area contributed by atoms with Crippen LogP contribution < -0.4 is 5.32 Å². The smallest absolute Gasteiger partial charge is 0.239 e. The summed E-state index contributed by atoms with van der Waals surface area (Å²) in [5.41, 5.74) is 0.971. The second-order valence-corrected chi connectivity index (χ2v) is 4.87. The first-order valence-electron chi connectivity index (χ1n) is 5.54. The Morgan fingerprint density at radius 2 is 2.17 bits per heavy atom. The molecule has 1 fully saturated rings. The Kier molecular flexibility index (Phi) is 4.30.